The number of nitrogens with zero attached hydrogens (tertiary/aromatic N) is 5. The highest BCUT2D eigenvalue weighted by atomic mass is 32.2. The fourth-order valence-corrected chi connectivity index (χ4v) is 9.24. The maximum atomic E-state index is 17.3. The Hall–Kier alpha value is -7.51. The molecule has 390 valence electrons. The van der Waals surface area contributed by atoms with Gasteiger partial charge in [0.25, 0.3) is 11.4 Å². The maximum Gasteiger partial charge on any atom is 0.737 e. The molecule has 0 radical (unpaired) electrons. The molecule has 2 aliphatic rings. The number of non-ortho nitro benzene ring substituents is 1. The molecule has 1 amide bonds. The molecule has 0 saturated heterocycles. The highest BCUT2D eigenvalue weighted by molar-refractivity contribution is 7.85. The monoisotopic (exact) mass is 1040 g/mol. The Balaban J connectivity index is 1.11. The molecule has 3 aromatic carbocycles. The number of halogens is 2. The number of Topliss-reactive ketones (excluding diaryl/α,β-unsaturated/α-hetero) is 1. The van der Waals surface area contributed by atoms with Gasteiger partial charge in [-0.3, -0.25) is 29.8 Å². The van der Waals surface area contributed by atoms with Gasteiger partial charge in [0.15, 0.2) is 28.7 Å². The molecule has 0 fully saturated rings. The van der Waals surface area contributed by atoms with Crippen molar-refractivity contribution in [2.75, 3.05) is 54.3 Å². The van der Waals surface area contributed by atoms with Crippen molar-refractivity contribution >= 4 is 58.1 Å². The Morgan fingerprint density at radius 1 is 0.877 bits per heavy atom. The number of ketones is 1. The van der Waals surface area contributed by atoms with E-state index in [4.69, 9.17) is 23.7 Å². The number of hydrogen-bond acceptors (Lipinski definition) is 15. The molecule has 2 aliphatic heterocycles. The number of nitro benzene ring substituents is 2. The number of methoxy groups -OCH3 is 2. The van der Waals surface area contributed by atoms with Crippen molar-refractivity contribution in [2.24, 2.45) is 0 Å². The summed E-state index contributed by atoms with van der Waals surface area (Å²) in [6.45, 7) is -1.03. The predicted octanol–water partition coefficient (Wildman–Crippen LogP) is 6.80. The number of quaternary nitrogens is 1. The van der Waals surface area contributed by atoms with E-state index in [0.29, 0.717) is 39.2 Å². The number of nitro groups is 2. The summed E-state index contributed by atoms with van der Waals surface area (Å²) >= 11 is 0. The van der Waals surface area contributed by atoms with Crippen LogP contribution in [0, 0.1) is 27.2 Å². The van der Waals surface area contributed by atoms with Gasteiger partial charge in [0.05, 0.1) is 85.9 Å². The summed E-state index contributed by atoms with van der Waals surface area (Å²) in [6, 6.07) is 13.2. The van der Waals surface area contributed by atoms with E-state index in [1.54, 1.807) is 49.4 Å². The zero-order chi connectivity index (χ0) is 53.6. The second kappa shape index (κ2) is 22.5. The summed E-state index contributed by atoms with van der Waals surface area (Å²) in [5, 5.41) is 25.3. The second-order valence-corrected chi connectivity index (χ2v) is 19.9. The van der Waals surface area contributed by atoms with E-state index < -0.39 is 81.2 Å². The number of carbonyl (C=O) groups excluding carboxylic acids is 3. The van der Waals surface area contributed by atoms with Gasteiger partial charge in [-0.25, -0.2) is 13.2 Å². The summed E-state index contributed by atoms with van der Waals surface area (Å²) in [7, 11) is 3.83. The molecule has 0 saturated carbocycles. The minimum absolute atomic E-state index is 0.0488. The van der Waals surface area contributed by atoms with Gasteiger partial charge < -0.3 is 55.6 Å². The number of ether oxygens (including phenoxy) is 5. The molecule has 3 heterocycles. The Labute approximate surface area is 419 Å². The van der Waals surface area contributed by atoms with Crippen LogP contribution < -0.4 is 24.3 Å². The van der Waals surface area contributed by atoms with Crippen LogP contribution in [-0.4, -0.2) is 127 Å². The first-order valence-corrected chi connectivity index (χ1v) is 24.5. The number of amides is 1. The number of aromatic nitrogens is 1. The lowest BCUT2D eigenvalue weighted by Gasteiger charge is -2.32. The van der Waals surface area contributed by atoms with Crippen LogP contribution >= 0.6 is 0 Å². The van der Waals surface area contributed by atoms with Crippen LogP contribution in [0.25, 0.3) is 6.08 Å². The molecule has 2 atom stereocenters. The molecular weight excluding hydrogens is 981 g/mol. The summed E-state index contributed by atoms with van der Waals surface area (Å²) in [6.07, 6.45) is 0.962. The summed E-state index contributed by atoms with van der Waals surface area (Å²) in [5.74, 6) is -2.78. The lowest BCUT2D eigenvalue weighted by Crippen LogP contribution is -2.51. The van der Waals surface area contributed by atoms with Crippen molar-refractivity contribution in [3.8, 4) is 23.0 Å². The first-order chi connectivity index (χ1) is 34.3. The molecule has 73 heavy (non-hydrogen) atoms. The summed E-state index contributed by atoms with van der Waals surface area (Å²) in [5.41, 5.74) is 1.93. The third-order valence-electron chi connectivity index (χ3n) is 12.1. The van der Waals surface area contributed by atoms with Gasteiger partial charge >= 0.3 is 13.1 Å². The molecule has 0 spiro atoms. The van der Waals surface area contributed by atoms with Crippen LogP contribution in [0.3, 0.4) is 0 Å². The van der Waals surface area contributed by atoms with E-state index in [9.17, 15) is 47.6 Å². The Morgan fingerprint density at radius 3 is 2.15 bits per heavy atom. The lowest BCUT2D eigenvalue weighted by atomic mass is 9.88. The lowest BCUT2D eigenvalue weighted by molar-refractivity contribution is -0.870. The number of benzene rings is 3. The smallest absolute Gasteiger partial charge is 0.737 e. The van der Waals surface area contributed by atoms with Crippen molar-refractivity contribution in [1.29, 1.82) is 0 Å². The zero-order valence-electron chi connectivity index (χ0n) is 41.1. The van der Waals surface area contributed by atoms with Crippen LogP contribution in [0.1, 0.15) is 73.2 Å². The molecule has 1 aromatic heterocycles. The largest absolute Gasteiger partial charge is 0.748 e. The fraction of sp³-hybridized carbons (Fsp3) is 0.375. The fourth-order valence-electron chi connectivity index (χ4n) is 8.56. The number of carbonyl (C=O) groups is 3. The molecule has 25 heteroatoms. The molecule has 21 nitrogen and oxygen atoms in total. The molecular formula is C48H55BF2N6O15S. The standard InChI is InChI=1S/C48H55BF2N6O15S/c1-30-24-35(53-40(30)27-42-33(10-8-22-57(3,4)5)25-41(54(42)49(53,50)51)32-12-17-36(68-6)18-13-32)16-21-47(59)52-39(29-73(65,66)67)44(58)11-9-23-70-46-28-43(56(63)64)38(26-45(46)69-7)31(2)71-48(60)72-37-19-14-34(15-20-37)55(61)62/h12-15,17-20,24-28,31,39H,8-11,16,21-23,29H2,1-7H3,(H-,52,59,65,66,67). The normalized spacial score (nSPS) is 14.7. The third kappa shape index (κ3) is 13.5. The van der Waals surface area contributed by atoms with E-state index in [1.807, 2.05) is 0 Å². The SMILES string of the molecule is COc1ccc(C2=[N+]3C(=Cc4c(C)cc(CCC(=O)NC(CS(=O)(=O)[O-])C(=O)CCCOc5cc([N+](=O)[O-])c(C(C)OC(=O)Oc6ccc([N+](=O)[O-])cc6)cc5OC)n4[B-]3(F)F)C(CCC[N+](C)(C)C)=C2)cc1. The van der Waals surface area contributed by atoms with Crippen LogP contribution in [0.4, 0.5) is 24.8 Å². The summed E-state index contributed by atoms with van der Waals surface area (Å²) in [4.78, 5) is 60.9. The topological polar surface area (TPSA) is 261 Å². The van der Waals surface area contributed by atoms with E-state index in [0.717, 1.165) is 57.8 Å². The van der Waals surface area contributed by atoms with E-state index in [2.05, 4.69) is 26.5 Å². The highest BCUT2D eigenvalue weighted by Crippen LogP contribution is 2.41. The number of allylic oxidation sites excluding steroid dienone is 2. The number of fused-ring (bicyclic) bond motifs is 2. The Morgan fingerprint density at radius 2 is 1.55 bits per heavy atom. The van der Waals surface area contributed by atoms with E-state index in [-0.39, 0.29) is 59.3 Å². The number of aryl methyl sites for hydroxylation is 2. The van der Waals surface area contributed by atoms with Gasteiger partial charge in [0.1, 0.15) is 23.6 Å². The molecule has 2 unspecified atom stereocenters. The van der Waals surface area contributed by atoms with Crippen LogP contribution in [0.5, 0.6) is 23.0 Å². The molecule has 0 aliphatic carbocycles. The zero-order valence-corrected chi connectivity index (χ0v) is 41.9. The van der Waals surface area contributed by atoms with Crippen molar-refractivity contribution in [2.45, 2.75) is 64.5 Å². The molecule has 4 aromatic rings. The van der Waals surface area contributed by atoms with Crippen molar-refractivity contribution in [1.82, 2.24) is 9.79 Å². The van der Waals surface area contributed by atoms with Gasteiger partial charge in [-0.1, -0.05) is 0 Å². The van der Waals surface area contributed by atoms with Crippen LogP contribution in [0.2, 0.25) is 0 Å². The van der Waals surface area contributed by atoms with Gasteiger partial charge in [0, 0.05) is 60.4 Å². The number of hydrogen-bond donors (Lipinski definition) is 1. The predicted molar refractivity (Wildman–Crippen MR) is 261 cm³/mol. The molecule has 0 bridgehead atoms. The average molecular weight is 1040 g/mol. The van der Waals surface area contributed by atoms with Gasteiger partial charge in [-0.05, 0) is 92.9 Å². The van der Waals surface area contributed by atoms with Gasteiger partial charge in [0.2, 0.25) is 5.91 Å². The van der Waals surface area contributed by atoms with Gasteiger partial charge in [-0.15, -0.1) is 0 Å². The Kier molecular flexibility index (Phi) is 16.9. The minimum Gasteiger partial charge on any atom is -0.748 e. The van der Waals surface area contributed by atoms with Crippen molar-refractivity contribution in [3.05, 3.63) is 132 Å². The average Bonchev–Trinajstić information content (AvgIpc) is 3.86. The molecule has 1 N–H and O–H groups in total. The van der Waals surface area contributed by atoms with E-state index >= 15 is 8.63 Å². The quantitative estimate of drug-likeness (QED) is 0.0111. The van der Waals surface area contributed by atoms with Crippen LogP contribution in [-0.2, 0) is 30.9 Å². The molecule has 6 rings (SSSR count). The summed E-state index contributed by atoms with van der Waals surface area (Å²) < 4.78 is 99.5. The van der Waals surface area contributed by atoms with E-state index in [1.165, 1.54) is 27.2 Å². The maximum absolute atomic E-state index is 17.3. The minimum atomic E-state index is -5.09. The first kappa shape index (κ1) is 54.8. The second-order valence-electron chi connectivity index (χ2n) is 18.4. The van der Waals surface area contributed by atoms with Crippen LogP contribution in [0.15, 0.2) is 84.1 Å². The number of rotatable bonds is 24. The van der Waals surface area contributed by atoms with Crippen molar-refractivity contribution < 1.29 is 78.5 Å². The first-order valence-electron chi connectivity index (χ1n) is 22.9. The highest BCUT2D eigenvalue weighted by Gasteiger charge is 2.54. The van der Waals surface area contributed by atoms with Gasteiger partial charge in [-0.2, -0.15) is 0 Å². The van der Waals surface area contributed by atoms with Crippen molar-refractivity contribution in [3.63, 3.8) is 0 Å². The number of nitrogens with one attached hydrogen (secondary N) is 1. The third-order valence-corrected chi connectivity index (χ3v) is 12.8. The Bertz CT molecular complexity index is 3010.